The molecule has 0 aliphatic heterocycles. The van der Waals surface area contributed by atoms with Gasteiger partial charge in [0.1, 0.15) is 0 Å². The van der Waals surface area contributed by atoms with Crippen LogP contribution in [0.15, 0.2) is 89.8 Å². The van der Waals surface area contributed by atoms with Crippen LogP contribution in [0, 0.1) is 11.3 Å². The molecule has 3 rings (SSSR count). The van der Waals surface area contributed by atoms with E-state index in [1.54, 1.807) is 7.05 Å². The molecule has 5 heteroatoms. The summed E-state index contributed by atoms with van der Waals surface area (Å²) in [5.74, 6) is 0. The van der Waals surface area contributed by atoms with Crippen LogP contribution in [-0.2, 0) is 10.0 Å². The number of benzene rings is 3. The van der Waals surface area contributed by atoms with Crippen LogP contribution < -0.4 is 0 Å². The second kappa shape index (κ2) is 7.52. The lowest BCUT2D eigenvalue weighted by molar-refractivity contribution is 0.418. The summed E-state index contributed by atoms with van der Waals surface area (Å²) in [6.07, 6.45) is 0. The zero-order valence-corrected chi connectivity index (χ0v) is 15.1. The Morgan fingerprint density at radius 2 is 1.27 bits per heavy atom. The van der Waals surface area contributed by atoms with Crippen LogP contribution in [-0.4, -0.2) is 19.8 Å². The zero-order valence-electron chi connectivity index (χ0n) is 14.3. The fourth-order valence-corrected chi connectivity index (χ4v) is 4.22. The summed E-state index contributed by atoms with van der Waals surface area (Å²) in [5, 5.41) is 8.92. The smallest absolute Gasteiger partial charge is 0.207 e. The second-order valence-corrected chi connectivity index (χ2v) is 7.88. The van der Waals surface area contributed by atoms with E-state index in [1.165, 1.54) is 28.6 Å². The van der Waals surface area contributed by atoms with E-state index in [-0.39, 0.29) is 4.90 Å². The van der Waals surface area contributed by atoms with E-state index in [0.29, 0.717) is 5.56 Å². The molecule has 0 heterocycles. The predicted molar refractivity (Wildman–Crippen MR) is 101 cm³/mol. The molecule has 0 amide bonds. The molecule has 0 aromatic heterocycles. The molecule has 0 saturated carbocycles. The molecule has 0 bridgehead atoms. The predicted octanol–water partition coefficient (Wildman–Crippen LogP) is 3.97. The summed E-state index contributed by atoms with van der Waals surface area (Å²) in [5.41, 5.74) is 2.20. The summed E-state index contributed by atoms with van der Waals surface area (Å²) in [4.78, 5) is 0.163. The van der Waals surface area contributed by atoms with Crippen molar-refractivity contribution in [2.24, 2.45) is 0 Å². The van der Waals surface area contributed by atoms with Crippen molar-refractivity contribution < 1.29 is 8.42 Å². The maximum Gasteiger partial charge on any atom is 0.243 e. The first-order valence-corrected chi connectivity index (χ1v) is 9.56. The molecule has 4 nitrogen and oxygen atoms in total. The minimum absolute atomic E-state index is 0.163. The number of hydrogen-bond donors (Lipinski definition) is 0. The number of rotatable bonds is 5. The van der Waals surface area contributed by atoms with E-state index in [1.807, 2.05) is 66.7 Å². The monoisotopic (exact) mass is 362 g/mol. The fraction of sp³-hybridized carbons (Fsp3) is 0.0952. The molecule has 0 unspecified atom stereocenters. The third-order valence-corrected chi connectivity index (χ3v) is 6.09. The molecular formula is C21H18N2O2S. The van der Waals surface area contributed by atoms with E-state index in [2.05, 4.69) is 0 Å². The summed E-state index contributed by atoms with van der Waals surface area (Å²) < 4.78 is 27.7. The van der Waals surface area contributed by atoms with Crippen LogP contribution in [0.1, 0.15) is 22.7 Å². The minimum Gasteiger partial charge on any atom is -0.207 e. The van der Waals surface area contributed by atoms with Gasteiger partial charge in [-0.3, -0.25) is 0 Å². The van der Waals surface area contributed by atoms with Crippen molar-refractivity contribution in [3.63, 3.8) is 0 Å². The lowest BCUT2D eigenvalue weighted by atomic mass is 9.99. The van der Waals surface area contributed by atoms with Crippen molar-refractivity contribution in [1.82, 2.24) is 4.31 Å². The molecule has 0 aliphatic carbocycles. The number of hydrogen-bond acceptors (Lipinski definition) is 3. The lowest BCUT2D eigenvalue weighted by Gasteiger charge is -2.28. The maximum absolute atomic E-state index is 13.2. The number of nitrogens with zero attached hydrogens (tertiary/aromatic N) is 2. The molecule has 0 aliphatic rings. The molecular weight excluding hydrogens is 344 g/mol. The summed E-state index contributed by atoms with van der Waals surface area (Å²) in [7, 11) is -2.15. The summed E-state index contributed by atoms with van der Waals surface area (Å²) in [6.45, 7) is 0. The van der Waals surface area contributed by atoms with Crippen LogP contribution in [0.4, 0.5) is 0 Å². The first-order chi connectivity index (χ1) is 12.5. The first kappa shape index (κ1) is 17.9. The van der Waals surface area contributed by atoms with Crippen molar-refractivity contribution in [2.45, 2.75) is 10.9 Å². The number of sulfonamides is 1. The van der Waals surface area contributed by atoms with E-state index >= 15 is 0 Å². The van der Waals surface area contributed by atoms with E-state index in [0.717, 1.165) is 11.1 Å². The van der Waals surface area contributed by atoms with Gasteiger partial charge in [0.05, 0.1) is 22.6 Å². The average Bonchev–Trinajstić information content (AvgIpc) is 2.70. The topological polar surface area (TPSA) is 61.2 Å². The second-order valence-electron chi connectivity index (χ2n) is 5.88. The number of nitriles is 1. The Kier molecular flexibility index (Phi) is 5.17. The third kappa shape index (κ3) is 3.52. The molecule has 3 aromatic carbocycles. The molecule has 0 saturated heterocycles. The van der Waals surface area contributed by atoms with Gasteiger partial charge in [0.15, 0.2) is 0 Å². The molecule has 0 atom stereocenters. The molecule has 0 radical (unpaired) electrons. The quantitative estimate of drug-likeness (QED) is 0.690. The Hall–Kier alpha value is -2.94. The average molecular weight is 362 g/mol. The Bertz CT molecular complexity index is 970. The summed E-state index contributed by atoms with van der Waals surface area (Å²) >= 11 is 0. The molecule has 3 aromatic rings. The van der Waals surface area contributed by atoms with Crippen LogP contribution in [0.5, 0.6) is 0 Å². The van der Waals surface area contributed by atoms with Crippen molar-refractivity contribution in [1.29, 1.82) is 5.26 Å². The van der Waals surface area contributed by atoms with Gasteiger partial charge in [0.25, 0.3) is 0 Å². The molecule has 0 spiro atoms. The van der Waals surface area contributed by atoms with Crippen LogP contribution in [0.25, 0.3) is 0 Å². The zero-order chi connectivity index (χ0) is 18.6. The Morgan fingerprint density at radius 1 is 0.808 bits per heavy atom. The van der Waals surface area contributed by atoms with Crippen molar-refractivity contribution in [2.75, 3.05) is 7.05 Å². The lowest BCUT2D eigenvalue weighted by Crippen LogP contribution is -2.32. The van der Waals surface area contributed by atoms with Gasteiger partial charge < -0.3 is 0 Å². The van der Waals surface area contributed by atoms with Crippen LogP contribution >= 0.6 is 0 Å². The van der Waals surface area contributed by atoms with Crippen molar-refractivity contribution >= 4 is 10.0 Å². The normalized spacial score (nSPS) is 11.5. The Labute approximate surface area is 154 Å². The Morgan fingerprint density at radius 3 is 1.69 bits per heavy atom. The summed E-state index contributed by atoms with van der Waals surface area (Å²) in [6, 6.07) is 26.6. The van der Waals surface area contributed by atoms with Gasteiger partial charge >= 0.3 is 0 Å². The van der Waals surface area contributed by atoms with Gasteiger partial charge in [0.2, 0.25) is 10.0 Å². The highest BCUT2D eigenvalue weighted by Gasteiger charge is 2.30. The molecule has 0 fully saturated rings. The third-order valence-electron chi connectivity index (χ3n) is 4.25. The van der Waals surface area contributed by atoms with Gasteiger partial charge in [0, 0.05) is 7.05 Å². The maximum atomic E-state index is 13.2. The highest BCUT2D eigenvalue weighted by molar-refractivity contribution is 7.89. The minimum atomic E-state index is -3.74. The fourth-order valence-electron chi connectivity index (χ4n) is 2.89. The van der Waals surface area contributed by atoms with E-state index < -0.39 is 16.1 Å². The van der Waals surface area contributed by atoms with E-state index in [9.17, 15) is 8.42 Å². The van der Waals surface area contributed by atoms with Gasteiger partial charge in [-0.05, 0) is 35.4 Å². The van der Waals surface area contributed by atoms with Crippen molar-refractivity contribution in [3.8, 4) is 6.07 Å². The highest BCUT2D eigenvalue weighted by atomic mass is 32.2. The van der Waals surface area contributed by atoms with Crippen LogP contribution in [0.3, 0.4) is 0 Å². The first-order valence-electron chi connectivity index (χ1n) is 8.12. The SMILES string of the molecule is CN(C(c1ccccc1)c1ccccc1)S(=O)(=O)c1ccc(C#N)cc1. The standard InChI is InChI=1S/C21H18N2O2S/c1-23(26(24,25)20-14-12-17(16-22)13-15-20)21(18-8-4-2-5-9-18)19-10-6-3-7-11-19/h2-15,21H,1H3. The van der Waals surface area contributed by atoms with Gasteiger partial charge in [-0.15, -0.1) is 0 Å². The Balaban J connectivity index is 2.07. The van der Waals surface area contributed by atoms with Gasteiger partial charge in [-0.2, -0.15) is 9.57 Å². The van der Waals surface area contributed by atoms with E-state index in [4.69, 9.17) is 5.26 Å². The van der Waals surface area contributed by atoms with Crippen molar-refractivity contribution in [3.05, 3.63) is 102 Å². The van der Waals surface area contributed by atoms with Gasteiger partial charge in [-0.1, -0.05) is 60.7 Å². The van der Waals surface area contributed by atoms with Crippen LogP contribution in [0.2, 0.25) is 0 Å². The largest absolute Gasteiger partial charge is 0.243 e. The van der Waals surface area contributed by atoms with Gasteiger partial charge in [-0.25, -0.2) is 8.42 Å². The molecule has 0 N–H and O–H groups in total. The molecule has 130 valence electrons. The highest BCUT2D eigenvalue weighted by Crippen LogP contribution is 2.31. The molecule has 26 heavy (non-hydrogen) atoms.